The van der Waals surface area contributed by atoms with E-state index in [1.165, 1.54) is 19.4 Å². The van der Waals surface area contributed by atoms with Crippen LogP contribution in [0.2, 0.25) is 0 Å². The highest BCUT2D eigenvalue weighted by molar-refractivity contribution is 9.10. The van der Waals surface area contributed by atoms with Crippen molar-refractivity contribution >= 4 is 27.8 Å². The number of methoxy groups -OCH3 is 1. The zero-order valence-corrected chi connectivity index (χ0v) is 17.1. The number of ether oxygens (including phenoxy) is 1. The quantitative estimate of drug-likeness (QED) is 0.534. The second-order valence-electron chi connectivity index (χ2n) is 6.17. The number of nitrogens with zero attached hydrogens (tertiary/aromatic N) is 1. The van der Waals surface area contributed by atoms with Crippen LogP contribution in [0.3, 0.4) is 0 Å². The fourth-order valence-corrected chi connectivity index (χ4v) is 2.98. The van der Waals surface area contributed by atoms with Gasteiger partial charge in [-0.15, -0.1) is 0 Å². The van der Waals surface area contributed by atoms with Crippen LogP contribution in [0.15, 0.2) is 63.6 Å². The van der Waals surface area contributed by atoms with Crippen molar-refractivity contribution in [1.29, 1.82) is 0 Å². The summed E-state index contributed by atoms with van der Waals surface area (Å²) >= 11 is 3.33. The summed E-state index contributed by atoms with van der Waals surface area (Å²) in [5, 5.41) is 2.66. The number of hydrogen-bond acceptors (Lipinski definition) is 5. The summed E-state index contributed by atoms with van der Waals surface area (Å²) in [6.45, 7) is 0. The van der Waals surface area contributed by atoms with Gasteiger partial charge in [0.25, 0.3) is 0 Å². The Morgan fingerprint density at radius 1 is 1.21 bits per heavy atom. The van der Waals surface area contributed by atoms with Gasteiger partial charge in [0.15, 0.2) is 17.7 Å². The minimum atomic E-state index is -0.917. The maximum Gasteiger partial charge on any atom is 0.333 e. The second-order valence-corrected chi connectivity index (χ2v) is 7.09. The molecule has 0 spiro atoms. The van der Waals surface area contributed by atoms with Crippen molar-refractivity contribution in [2.24, 2.45) is 0 Å². The first kappa shape index (κ1) is 20.7. The van der Waals surface area contributed by atoms with Crippen molar-refractivity contribution < 1.29 is 23.1 Å². The number of hydrogen-bond donors (Lipinski definition) is 1. The predicted molar refractivity (Wildman–Crippen MR) is 107 cm³/mol. The fraction of sp³-hybridized carbons (Fsp3) is 0.190. The van der Waals surface area contributed by atoms with Crippen LogP contribution in [0.5, 0.6) is 0 Å². The zero-order chi connectivity index (χ0) is 20.8. The molecule has 8 heteroatoms. The largest absolute Gasteiger partial charge is 0.467 e. The first-order chi connectivity index (χ1) is 14.0. The Labute approximate surface area is 175 Å². The lowest BCUT2D eigenvalue weighted by atomic mass is 10.1. The molecule has 0 saturated heterocycles. The van der Waals surface area contributed by atoms with Crippen LogP contribution in [0.4, 0.5) is 4.39 Å². The van der Waals surface area contributed by atoms with Gasteiger partial charge >= 0.3 is 5.97 Å². The van der Waals surface area contributed by atoms with Crippen LogP contribution in [-0.2, 0) is 20.7 Å². The van der Waals surface area contributed by atoms with E-state index >= 15 is 0 Å². The molecule has 150 valence electrons. The number of rotatable bonds is 7. The zero-order valence-electron chi connectivity index (χ0n) is 15.5. The summed E-state index contributed by atoms with van der Waals surface area (Å²) in [5.74, 6) is -0.756. The minimum Gasteiger partial charge on any atom is -0.467 e. The Morgan fingerprint density at radius 3 is 2.62 bits per heavy atom. The lowest BCUT2D eigenvalue weighted by Crippen LogP contribution is -2.34. The number of nitrogens with one attached hydrogen (secondary N) is 1. The second kappa shape index (κ2) is 9.47. The molecule has 6 nitrogen and oxygen atoms in total. The van der Waals surface area contributed by atoms with Crippen LogP contribution >= 0.6 is 15.9 Å². The van der Waals surface area contributed by atoms with Crippen LogP contribution in [0, 0.1) is 5.82 Å². The average Bonchev–Trinajstić information content (AvgIpc) is 3.20. The number of amides is 1. The third kappa shape index (κ3) is 5.29. The van der Waals surface area contributed by atoms with Gasteiger partial charge in [-0.1, -0.05) is 40.2 Å². The first-order valence-corrected chi connectivity index (χ1v) is 9.59. The Bertz CT molecular complexity index is 1000. The molecule has 1 atom stereocenters. The number of carbonyl (C=O) groups excluding carboxylic acids is 2. The van der Waals surface area contributed by atoms with Gasteiger partial charge in [0.05, 0.1) is 18.9 Å². The molecule has 0 radical (unpaired) electrons. The molecule has 0 fully saturated rings. The van der Waals surface area contributed by atoms with E-state index in [0.29, 0.717) is 22.8 Å². The van der Waals surface area contributed by atoms with Gasteiger partial charge in [0.2, 0.25) is 5.91 Å². The maximum absolute atomic E-state index is 13.8. The highest BCUT2D eigenvalue weighted by Gasteiger charge is 2.23. The van der Waals surface area contributed by atoms with Gasteiger partial charge in [-0.05, 0) is 29.8 Å². The van der Waals surface area contributed by atoms with Crippen LogP contribution in [0.1, 0.15) is 23.9 Å². The molecule has 3 rings (SSSR count). The van der Waals surface area contributed by atoms with E-state index in [-0.39, 0.29) is 18.7 Å². The number of benzene rings is 2. The summed E-state index contributed by atoms with van der Waals surface area (Å²) in [6.07, 6.45) is 1.67. The van der Waals surface area contributed by atoms with Crippen molar-refractivity contribution in [2.75, 3.05) is 7.11 Å². The number of aromatic nitrogens is 1. The lowest BCUT2D eigenvalue weighted by molar-refractivity contribution is -0.145. The van der Waals surface area contributed by atoms with Crippen LogP contribution in [-0.4, -0.2) is 24.0 Å². The highest BCUT2D eigenvalue weighted by atomic mass is 79.9. The number of carbonyl (C=O) groups is 2. The van der Waals surface area contributed by atoms with Crippen molar-refractivity contribution in [3.8, 4) is 11.3 Å². The molecule has 0 bridgehead atoms. The van der Waals surface area contributed by atoms with Crippen molar-refractivity contribution in [2.45, 2.75) is 18.9 Å². The Morgan fingerprint density at radius 2 is 1.93 bits per heavy atom. The summed E-state index contributed by atoms with van der Waals surface area (Å²) < 4.78 is 25.0. The predicted octanol–water partition coefficient (Wildman–Crippen LogP) is 4.21. The molecule has 1 amide bonds. The number of esters is 1. The Kier molecular flexibility index (Phi) is 6.77. The summed E-state index contributed by atoms with van der Waals surface area (Å²) in [4.78, 5) is 28.5. The maximum atomic E-state index is 13.8. The lowest BCUT2D eigenvalue weighted by Gasteiger charge is -2.16. The smallest absolute Gasteiger partial charge is 0.333 e. The molecule has 1 unspecified atom stereocenters. The SMILES string of the molecule is COC(=O)C(NC(=O)CCc1ncc(-c2ccccc2F)o1)c1ccc(Br)cc1. The normalized spacial score (nSPS) is 11.7. The summed E-state index contributed by atoms with van der Waals surface area (Å²) in [7, 11) is 1.26. The van der Waals surface area contributed by atoms with Gasteiger partial charge < -0.3 is 14.5 Å². The van der Waals surface area contributed by atoms with Gasteiger partial charge in [-0.2, -0.15) is 0 Å². The van der Waals surface area contributed by atoms with Gasteiger partial charge in [-0.25, -0.2) is 14.2 Å². The first-order valence-electron chi connectivity index (χ1n) is 8.80. The van der Waals surface area contributed by atoms with Crippen molar-refractivity contribution in [3.05, 3.63) is 76.5 Å². The molecule has 29 heavy (non-hydrogen) atoms. The molecular weight excluding hydrogens is 443 g/mol. The van der Waals surface area contributed by atoms with Crippen molar-refractivity contribution in [1.82, 2.24) is 10.3 Å². The van der Waals surface area contributed by atoms with E-state index in [1.54, 1.807) is 42.5 Å². The monoisotopic (exact) mass is 460 g/mol. The minimum absolute atomic E-state index is 0.0429. The van der Waals surface area contributed by atoms with Gasteiger partial charge in [-0.3, -0.25) is 4.79 Å². The van der Waals surface area contributed by atoms with Crippen LogP contribution < -0.4 is 5.32 Å². The number of halogens is 2. The Balaban J connectivity index is 1.63. The highest BCUT2D eigenvalue weighted by Crippen LogP contribution is 2.24. The third-order valence-electron chi connectivity index (χ3n) is 4.20. The van der Waals surface area contributed by atoms with E-state index in [4.69, 9.17) is 9.15 Å². The molecule has 1 aromatic heterocycles. The molecular formula is C21H18BrFN2O4. The molecule has 0 aliphatic heterocycles. The van der Waals surface area contributed by atoms with E-state index in [0.717, 1.165) is 4.47 Å². The van der Waals surface area contributed by atoms with Crippen LogP contribution in [0.25, 0.3) is 11.3 Å². The van der Waals surface area contributed by atoms with E-state index < -0.39 is 17.8 Å². The number of oxazole rings is 1. The fourth-order valence-electron chi connectivity index (χ4n) is 2.72. The molecule has 0 aliphatic rings. The molecule has 2 aromatic carbocycles. The van der Waals surface area contributed by atoms with Gasteiger partial charge in [0.1, 0.15) is 5.82 Å². The number of aryl methyl sites for hydroxylation is 1. The third-order valence-corrected chi connectivity index (χ3v) is 4.73. The average molecular weight is 461 g/mol. The molecule has 0 saturated carbocycles. The molecule has 3 aromatic rings. The van der Waals surface area contributed by atoms with E-state index in [9.17, 15) is 14.0 Å². The van der Waals surface area contributed by atoms with Gasteiger partial charge in [0, 0.05) is 17.3 Å². The standard InChI is InChI=1S/C21H18BrFN2O4/c1-28-21(27)20(13-6-8-14(22)9-7-13)25-18(26)10-11-19-24-12-17(29-19)15-4-2-3-5-16(15)23/h2-9,12,20H,10-11H2,1H3,(H,25,26). The van der Waals surface area contributed by atoms with Crippen molar-refractivity contribution in [3.63, 3.8) is 0 Å². The molecule has 1 heterocycles. The summed E-state index contributed by atoms with van der Waals surface area (Å²) in [5.41, 5.74) is 0.906. The molecule has 0 aliphatic carbocycles. The topological polar surface area (TPSA) is 81.4 Å². The van der Waals surface area contributed by atoms with E-state index in [1.807, 2.05) is 0 Å². The van der Waals surface area contributed by atoms with E-state index in [2.05, 4.69) is 26.2 Å². The summed E-state index contributed by atoms with van der Waals surface area (Å²) in [6, 6.07) is 12.3. The Hall–Kier alpha value is -3.00. The molecule has 1 N–H and O–H groups in total.